The van der Waals surface area contributed by atoms with E-state index >= 15 is 0 Å². The van der Waals surface area contributed by atoms with E-state index in [1.165, 1.54) is 7.11 Å². The van der Waals surface area contributed by atoms with Crippen molar-refractivity contribution in [2.45, 2.75) is 26.2 Å². The van der Waals surface area contributed by atoms with Gasteiger partial charge in [-0.1, -0.05) is 20.8 Å². The molecule has 0 aliphatic rings. The molecule has 0 fully saturated rings. The third-order valence-corrected chi connectivity index (χ3v) is 2.11. The SMILES string of the molecule is COc1[c]cc(F)c(C#N)c1C(C)(C)C. The fraction of sp³-hybridized carbons (Fsp3) is 0.417. The maximum atomic E-state index is 13.4. The summed E-state index contributed by atoms with van der Waals surface area (Å²) in [6.45, 7) is 5.71. The largest absolute Gasteiger partial charge is 0.496 e. The van der Waals surface area contributed by atoms with Gasteiger partial charge in [-0.2, -0.15) is 5.26 Å². The Morgan fingerprint density at radius 3 is 2.47 bits per heavy atom. The second kappa shape index (κ2) is 3.90. The van der Waals surface area contributed by atoms with Gasteiger partial charge in [-0.05, 0) is 11.5 Å². The summed E-state index contributed by atoms with van der Waals surface area (Å²) < 4.78 is 18.5. The lowest BCUT2D eigenvalue weighted by Gasteiger charge is -2.23. The average molecular weight is 206 g/mol. The number of benzene rings is 1. The molecule has 0 bridgehead atoms. The monoisotopic (exact) mass is 206 g/mol. The molecule has 0 amide bonds. The summed E-state index contributed by atoms with van der Waals surface area (Å²) in [5.41, 5.74) is 0.250. The molecule has 1 rings (SSSR count). The zero-order valence-corrected chi connectivity index (χ0v) is 9.31. The van der Waals surface area contributed by atoms with Crippen molar-refractivity contribution in [3.63, 3.8) is 0 Å². The van der Waals surface area contributed by atoms with Gasteiger partial charge in [0, 0.05) is 11.6 Å². The maximum Gasteiger partial charge on any atom is 0.142 e. The zero-order valence-electron chi connectivity index (χ0n) is 9.31. The molecule has 1 radical (unpaired) electrons. The molecular formula is C12H13FNO. The van der Waals surface area contributed by atoms with Gasteiger partial charge in [0.05, 0.1) is 12.7 Å². The Bertz CT molecular complexity index is 413. The van der Waals surface area contributed by atoms with Crippen molar-refractivity contribution in [1.29, 1.82) is 5.26 Å². The van der Waals surface area contributed by atoms with E-state index in [-0.39, 0.29) is 11.0 Å². The number of hydrogen-bond acceptors (Lipinski definition) is 2. The highest BCUT2D eigenvalue weighted by molar-refractivity contribution is 5.50. The molecule has 0 aliphatic carbocycles. The second-order valence-electron chi connectivity index (χ2n) is 4.28. The van der Waals surface area contributed by atoms with E-state index in [1.807, 2.05) is 26.8 Å². The van der Waals surface area contributed by atoms with Crippen LogP contribution >= 0.6 is 0 Å². The van der Waals surface area contributed by atoms with Gasteiger partial charge >= 0.3 is 0 Å². The molecule has 1 aromatic rings. The molecular weight excluding hydrogens is 193 g/mol. The predicted molar refractivity (Wildman–Crippen MR) is 55.2 cm³/mol. The van der Waals surface area contributed by atoms with Crippen molar-refractivity contribution < 1.29 is 9.13 Å². The molecule has 2 nitrogen and oxygen atoms in total. The minimum atomic E-state index is -0.553. The summed E-state index contributed by atoms with van der Waals surface area (Å²) in [7, 11) is 1.49. The molecule has 0 aliphatic heterocycles. The lowest BCUT2D eigenvalue weighted by atomic mass is 9.83. The van der Waals surface area contributed by atoms with Crippen molar-refractivity contribution in [2.24, 2.45) is 0 Å². The van der Waals surface area contributed by atoms with Gasteiger partial charge in [0.15, 0.2) is 0 Å². The smallest absolute Gasteiger partial charge is 0.142 e. The van der Waals surface area contributed by atoms with Crippen LogP contribution in [0.5, 0.6) is 5.75 Å². The molecule has 0 N–H and O–H groups in total. The van der Waals surface area contributed by atoms with E-state index in [0.717, 1.165) is 6.07 Å². The molecule has 15 heavy (non-hydrogen) atoms. The summed E-state index contributed by atoms with van der Waals surface area (Å²) >= 11 is 0. The number of rotatable bonds is 1. The Hall–Kier alpha value is -1.56. The minimum Gasteiger partial charge on any atom is -0.496 e. The molecule has 0 unspecified atom stereocenters. The van der Waals surface area contributed by atoms with Crippen LogP contribution in [0.1, 0.15) is 31.9 Å². The molecule has 3 heteroatoms. The van der Waals surface area contributed by atoms with Gasteiger partial charge in [0.1, 0.15) is 17.6 Å². The summed E-state index contributed by atoms with van der Waals surface area (Å²) in [4.78, 5) is 0. The molecule has 0 saturated carbocycles. The van der Waals surface area contributed by atoms with E-state index in [9.17, 15) is 4.39 Å². The van der Waals surface area contributed by atoms with Crippen LogP contribution in [0, 0.1) is 23.2 Å². The first-order chi connectivity index (χ1) is 6.91. The van der Waals surface area contributed by atoms with Crippen LogP contribution in [0.15, 0.2) is 6.07 Å². The average Bonchev–Trinajstić information content (AvgIpc) is 2.15. The standard InChI is InChI=1S/C12H13FNO/c1-12(2,3)11-8(7-14)9(13)5-6-10(11)15-4/h5H,1-4H3. The highest BCUT2D eigenvalue weighted by atomic mass is 19.1. The van der Waals surface area contributed by atoms with Crippen LogP contribution in [0.4, 0.5) is 4.39 Å². The van der Waals surface area contributed by atoms with Crippen LogP contribution in [-0.2, 0) is 5.41 Å². The number of hydrogen-bond donors (Lipinski definition) is 0. The van der Waals surface area contributed by atoms with Gasteiger partial charge in [0.25, 0.3) is 0 Å². The van der Waals surface area contributed by atoms with Crippen LogP contribution in [-0.4, -0.2) is 7.11 Å². The highest BCUT2D eigenvalue weighted by Gasteiger charge is 2.25. The number of methoxy groups -OCH3 is 1. The third kappa shape index (κ3) is 2.10. The van der Waals surface area contributed by atoms with E-state index < -0.39 is 5.82 Å². The minimum absolute atomic E-state index is 0.0399. The summed E-state index contributed by atoms with van der Waals surface area (Å²) in [5.74, 6) is -0.122. The number of nitriles is 1. The predicted octanol–water partition coefficient (Wildman–Crippen LogP) is 2.80. The Labute approximate surface area is 89.3 Å². The Morgan fingerprint density at radius 1 is 1.47 bits per heavy atom. The molecule has 0 heterocycles. The molecule has 79 valence electrons. The third-order valence-electron chi connectivity index (χ3n) is 2.11. The summed E-state index contributed by atoms with van der Waals surface area (Å²) in [6.07, 6.45) is 0. The van der Waals surface area contributed by atoms with Crippen molar-refractivity contribution >= 4 is 0 Å². The highest BCUT2D eigenvalue weighted by Crippen LogP contribution is 2.34. The molecule has 0 aromatic heterocycles. The van der Waals surface area contributed by atoms with Gasteiger partial charge in [-0.15, -0.1) is 0 Å². The number of ether oxygens (including phenoxy) is 1. The maximum absolute atomic E-state index is 13.4. The van der Waals surface area contributed by atoms with Crippen molar-refractivity contribution in [2.75, 3.05) is 7.11 Å². The van der Waals surface area contributed by atoms with Crippen LogP contribution in [0.2, 0.25) is 0 Å². The Balaban J connectivity index is 3.57. The molecule has 0 atom stereocenters. The molecule has 1 aromatic carbocycles. The quantitative estimate of drug-likeness (QED) is 0.707. The van der Waals surface area contributed by atoms with E-state index in [1.54, 1.807) is 0 Å². The van der Waals surface area contributed by atoms with Gasteiger partial charge in [-0.25, -0.2) is 4.39 Å². The van der Waals surface area contributed by atoms with Gasteiger partial charge < -0.3 is 4.74 Å². The fourth-order valence-corrected chi connectivity index (χ4v) is 1.49. The molecule has 0 spiro atoms. The van der Waals surface area contributed by atoms with Crippen molar-refractivity contribution in [3.05, 3.63) is 29.1 Å². The van der Waals surface area contributed by atoms with Crippen LogP contribution in [0.3, 0.4) is 0 Å². The summed E-state index contributed by atoms with van der Waals surface area (Å²) in [6, 6.07) is 5.69. The van der Waals surface area contributed by atoms with Crippen molar-refractivity contribution in [3.8, 4) is 11.8 Å². The Kier molecular flexibility index (Phi) is 2.99. The fourth-order valence-electron chi connectivity index (χ4n) is 1.49. The lowest BCUT2D eigenvalue weighted by Crippen LogP contribution is -2.16. The van der Waals surface area contributed by atoms with Gasteiger partial charge in [-0.3, -0.25) is 0 Å². The number of nitrogens with zero attached hydrogens (tertiary/aromatic N) is 1. The summed E-state index contributed by atoms with van der Waals surface area (Å²) in [5, 5.41) is 8.92. The topological polar surface area (TPSA) is 33.0 Å². The second-order valence-corrected chi connectivity index (χ2v) is 4.28. The van der Waals surface area contributed by atoms with E-state index in [2.05, 4.69) is 6.07 Å². The van der Waals surface area contributed by atoms with Crippen molar-refractivity contribution in [1.82, 2.24) is 0 Å². The lowest BCUT2D eigenvalue weighted by molar-refractivity contribution is 0.394. The van der Waals surface area contributed by atoms with Crippen LogP contribution < -0.4 is 4.74 Å². The molecule has 0 saturated heterocycles. The Morgan fingerprint density at radius 2 is 2.07 bits per heavy atom. The normalized spacial score (nSPS) is 10.9. The zero-order chi connectivity index (χ0) is 11.6. The first kappa shape index (κ1) is 11.5. The first-order valence-electron chi connectivity index (χ1n) is 4.60. The van der Waals surface area contributed by atoms with Crippen LogP contribution in [0.25, 0.3) is 0 Å². The van der Waals surface area contributed by atoms with E-state index in [4.69, 9.17) is 10.00 Å². The first-order valence-corrected chi connectivity index (χ1v) is 4.60. The van der Waals surface area contributed by atoms with E-state index in [0.29, 0.717) is 11.3 Å². The number of halogens is 1. The van der Waals surface area contributed by atoms with Gasteiger partial charge in [0.2, 0.25) is 0 Å².